The number of anilines is 1. The molecule has 2 N–H and O–H groups in total. The number of aliphatic carboxylic acids is 1. The molecule has 0 aromatic heterocycles. The molecular weight excluding hydrogens is 315 g/mol. The third kappa shape index (κ3) is 4.73. The molecule has 0 spiro atoms. The van der Waals surface area contributed by atoms with E-state index in [0.29, 0.717) is 0 Å². The summed E-state index contributed by atoms with van der Waals surface area (Å²) in [5, 5.41) is 11.6. The number of hydrogen-bond donors (Lipinski definition) is 2. The average molecular weight is 329 g/mol. The second kappa shape index (κ2) is 6.72. The van der Waals surface area contributed by atoms with E-state index in [1.807, 2.05) is 0 Å². The van der Waals surface area contributed by atoms with Crippen molar-refractivity contribution in [3.05, 3.63) is 36.4 Å². The molecule has 0 aliphatic heterocycles. The number of hydrogen-bond acceptors (Lipinski definition) is 3. The number of rotatable bonds is 4. The van der Waals surface area contributed by atoms with Gasteiger partial charge in [-0.2, -0.15) is 0 Å². The van der Waals surface area contributed by atoms with Crippen LogP contribution in [-0.2, 0) is 9.59 Å². The molecule has 0 radical (unpaired) electrons. The molecule has 0 bridgehead atoms. The maximum Gasteiger partial charge on any atom is 0.573 e. The molecule has 124 valence electrons. The molecule has 2 rings (SSSR count). The Morgan fingerprint density at radius 3 is 2.43 bits per heavy atom. The van der Waals surface area contributed by atoms with Crippen LogP contribution in [0.25, 0.3) is 0 Å². The van der Waals surface area contributed by atoms with Crippen LogP contribution in [0.1, 0.15) is 12.8 Å². The van der Waals surface area contributed by atoms with Crippen molar-refractivity contribution < 1.29 is 32.6 Å². The first-order chi connectivity index (χ1) is 10.8. The fraction of sp³-hybridized carbons (Fsp3) is 0.333. The van der Waals surface area contributed by atoms with Crippen LogP contribution >= 0.6 is 0 Å². The molecule has 1 aromatic carbocycles. The largest absolute Gasteiger partial charge is 0.573 e. The van der Waals surface area contributed by atoms with Gasteiger partial charge in [-0.25, -0.2) is 0 Å². The number of nitrogens with one attached hydrogen (secondary N) is 1. The van der Waals surface area contributed by atoms with Gasteiger partial charge in [0, 0.05) is 11.8 Å². The third-order valence-corrected chi connectivity index (χ3v) is 3.42. The lowest BCUT2D eigenvalue weighted by atomic mass is 9.82. The summed E-state index contributed by atoms with van der Waals surface area (Å²) >= 11 is 0. The predicted molar refractivity (Wildman–Crippen MR) is 74.7 cm³/mol. The van der Waals surface area contributed by atoms with Crippen LogP contribution in [0, 0.1) is 11.8 Å². The highest BCUT2D eigenvalue weighted by molar-refractivity contribution is 5.95. The summed E-state index contributed by atoms with van der Waals surface area (Å²) in [5.74, 6) is -3.72. The number of benzene rings is 1. The monoisotopic (exact) mass is 329 g/mol. The van der Waals surface area contributed by atoms with Crippen molar-refractivity contribution in [2.75, 3.05) is 5.32 Å². The van der Waals surface area contributed by atoms with Gasteiger partial charge in [0.25, 0.3) is 0 Å². The summed E-state index contributed by atoms with van der Waals surface area (Å²) < 4.78 is 40.3. The number of ether oxygens (including phenoxy) is 1. The molecule has 1 aromatic rings. The number of alkyl halides is 3. The maximum atomic E-state index is 12.2. The summed E-state index contributed by atoms with van der Waals surface area (Å²) in [6, 6.07) is 4.83. The van der Waals surface area contributed by atoms with Crippen LogP contribution < -0.4 is 10.1 Å². The van der Waals surface area contributed by atoms with Crippen LogP contribution in [0.3, 0.4) is 0 Å². The molecule has 5 nitrogen and oxygen atoms in total. The number of carbonyl (C=O) groups excluding carboxylic acids is 1. The van der Waals surface area contributed by atoms with Gasteiger partial charge in [0.1, 0.15) is 5.75 Å². The Morgan fingerprint density at radius 2 is 1.83 bits per heavy atom. The fourth-order valence-corrected chi connectivity index (χ4v) is 2.38. The van der Waals surface area contributed by atoms with Gasteiger partial charge in [0.15, 0.2) is 0 Å². The van der Waals surface area contributed by atoms with Gasteiger partial charge in [-0.15, -0.1) is 13.2 Å². The number of halogens is 3. The highest BCUT2D eigenvalue weighted by Crippen LogP contribution is 2.29. The van der Waals surface area contributed by atoms with Crippen LogP contribution in [0.4, 0.5) is 18.9 Å². The Balaban J connectivity index is 2.09. The van der Waals surface area contributed by atoms with E-state index >= 15 is 0 Å². The average Bonchev–Trinajstić information content (AvgIpc) is 2.45. The first-order valence-electron chi connectivity index (χ1n) is 6.81. The Hall–Kier alpha value is -2.51. The molecule has 1 aliphatic carbocycles. The van der Waals surface area contributed by atoms with Gasteiger partial charge in [0.2, 0.25) is 5.91 Å². The highest BCUT2D eigenvalue weighted by Gasteiger charge is 2.34. The molecule has 0 saturated heterocycles. The van der Waals surface area contributed by atoms with Crippen molar-refractivity contribution in [3.8, 4) is 5.75 Å². The first-order valence-corrected chi connectivity index (χ1v) is 6.81. The molecule has 0 fully saturated rings. The number of carbonyl (C=O) groups is 2. The summed E-state index contributed by atoms with van der Waals surface area (Å²) in [7, 11) is 0. The quantitative estimate of drug-likeness (QED) is 0.832. The fourth-order valence-electron chi connectivity index (χ4n) is 2.38. The Labute approximate surface area is 129 Å². The Bertz CT molecular complexity index is 627. The van der Waals surface area contributed by atoms with Crippen molar-refractivity contribution in [1.82, 2.24) is 0 Å². The molecule has 8 heteroatoms. The van der Waals surface area contributed by atoms with E-state index in [0.717, 1.165) is 12.1 Å². The van der Waals surface area contributed by atoms with Gasteiger partial charge in [-0.05, 0) is 25.0 Å². The number of carboxylic acids is 1. The van der Waals surface area contributed by atoms with Crippen LogP contribution in [0.5, 0.6) is 5.75 Å². The first kappa shape index (κ1) is 16.9. The lowest BCUT2D eigenvalue weighted by molar-refractivity contribution is -0.274. The van der Waals surface area contributed by atoms with Crippen LogP contribution in [0.2, 0.25) is 0 Å². The SMILES string of the molecule is O=C(O)[C@H]1CC=CC[C@@H]1C(=O)Nc1cccc(OC(F)(F)F)c1. The van der Waals surface area contributed by atoms with Crippen LogP contribution in [0.15, 0.2) is 36.4 Å². The number of allylic oxidation sites excluding steroid dienone is 2. The zero-order valence-corrected chi connectivity index (χ0v) is 11.8. The standard InChI is InChI=1S/C15H14F3NO4/c16-15(17,18)23-10-5-3-4-9(8-10)19-13(20)11-6-1-2-7-12(11)14(21)22/h1-5,8,11-12H,6-7H2,(H,19,20)(H,21,22)/t11-,12-/m0/s1. The van der Waals surface area contributed by atoms with E-state index in [1.54, 1.807) is 12.2 Å². The minimum Gasteiger partial charge on any atom is -0.481 e. The summed E-state index contributed by atoms with van der Waals surface area (Å²) in [4.78, 5) is 23.4. The van der Waals surface area contributed by atoms with Gasteiger partial charge in [0.05, 0.1) is 11.8 Å². The van der Waals surface area contributed by atoms with Gasteiger partial charge >= 0.3 is 12.3 Å². The third-order valence-electron chi connectivity index (χ3n) is 3.42. The normalized spacial score (nSPS) is 20.8. The van der Waals surface area contributed by atoms with Gasteiger partial charge in [-0.1, -0.05) is 18.2 Å². The van der Waals surface area contributed by atoms with Crippen molar-refractivity contribution in [2.24, 2.45) is 11.8 Å². The Kier molecular flexibility index (Phi) is 4.92. The van der Waals surface area contributed by atoms with Gasteiger partial charge < -0.3 is 15.2 Å². The minimum atomic E-state index is -4.83. The van der Waals surface area contributed by atoms with E-state index in [2.05, 4.69) is 10.1 Å². The Morgan fingerprint density at radius 1 is 1.17 bits per heavy atom. The topological polar surface area (TPSA) is 75.6 Å². The van der Waals surface area contributed by atoms with Crippen molar-refractivity contribution in [2.45, 2.75) is 19.2 Å². The molecule has 1 aliphatic rings. The molecule has 2 atom stereocenters. The molecule has 0 saturated carbocycles. The summed E-state index contributed by atoms with van der Waals surface area (Å²) in [5.41, 5.74) is 0.107. The zero-order chi connectivity index (χ0) is 17.0. The highest BCUT2D eigenvalue weighted by atomic mass is 19.4. The van der Waals surface area contributed by atoms with Crippen molar-refractivity contribution >= 4 is 17.6 Å². The minimum absolute atomic E-state index is 0.107. The predicted octanol–water partition coefficient (Wildman–Crippen LogP) is 3.19. The van der Waals surface area contributed by atoms with E-state index in [-0.39, 0.29) is 18.5 Å². The lowest BCUT2D eigenvalue weighted by Crippen LogP contribution is -2.34. The second-order valence-electron chi connectivity index (χ2n) is 5.06. The summed E-state index contributed by atoms with van der Waals surface area (Å²) in [6.45, 7) is 0. The summed E-state index contributed by atoms with van der Waals surface area (Å²) in [6.07, 6.45) is -0.912. The molecule has 0 heterocycles. The maximum absolute atomic E-state index is 12.2. The molecule has 1 amide bonds. The van der Waals surface area contributed by atoms with Gasteiger partial charge in [-0.3, -0.25) is 9.59 Å². The second-order valence-corrected chi connectivity index (χ2v) is 5.06. The van der Waals surface area contributed by atoms with Crippen molar-refractivity contribution in [3.63, 3.8) is 0 Å². The zero-order valence-electron chi connectivity index (χ0n) is 11.8. The number of carboxylic acid groups (broad SMARTS) is 1. The van der Waals surface area contributed by atoms with Crippen molar-refractivity contribution in [1.29, 1.82) is 0 Å². The van der Waals surface area contributed by atoms with E-state index in [4.69, 9.17) is 5.11 Å². The molecule has 0 unspecified atom stereocenters. The van der Waals surface area contributed by atoms with E-state index in [1.165, 1.54) is 12.1 Å². The molecular formula is C15H14F3NO4. The lowest BCUT2D eigenvalue weighted by Gasteiger charge is -2.24. The van der Waals surface area contributed by atoms with Crippen LogP contribution in [-0.4, -0.2) is 23.3 Å². The van der Waals surface area contributed by atoms with E-state index < -0.39 is 35.8 Å². The van der Waals surface area contributed by atoms with E-state index in [9.17, 15) is 22.8 Å². The number of amides is 1. The smallest absolute Gasteiger partial charge is 0.481 e. The molecule has 23 heavy (non-hydrogen) atoms.